The number of halogens is 1. The summed E-state index contributed by atoms with van der Waals surface area (Å²) in [5.74, 6) is 0. The van der Waals surface area contributed by atoms with Crippen molar-refractivity contribution in [3.63, 3.8) is 0 Å². The van der Waals surface area contributed by atoms with Crippen molar-refractivity contribution in [3.05, 3.63) is 40.0 Å². The molecule has 4 rings (SSSR count). The van der Waals surface area contributed by atoms with Gasteiger partial charge < -0.3 is 14.4 Å². The molecule has 1 aromatic heterocycles. The van der Waals surface area contributed by atoms with E-state index >= 15 is 0 Å². The van der Waals surface area contributed by atoms with Crippen molar-refractivity contribution in [2.24, 2.45) is 4.99 Å². The number of furan rings is 1. The second-order valence-corrected chi connectivity index (χ2v) is 6.54. The van der Waals surface area contributed by atoms with Gasteiger partial charge in [-0.3, -0.25) is 4.99 Å². The minimum Gasteiger partial charge on any atom is -0.464 e. The summed E-state index contributed by atoms with van der Waals surface area (Å²) in [6.07, 6.45) is 1.11. The first kappa shape index (κ1) is 13.2. The largest absolute Gasteiger partial charge is 0.464 e. The van der Waals surface area contributed by atoms with Crippen molar-refractivity contribution in [2.75, 3.05) is 13.1 Å². The lowest BCUT2D eigenvalue weighted by Crippen LogP contribution is -2.20. The molecule has 1 N–H and O–H groups in total. The molecule has 3 heterocycles. The number of benzene rings is 1. The maximum atomic E-state index is 10.1. The summed E-state index contributed by atoms with van der Waals surface area (Å²) in [6, 6.07) is 5.68. The number of amidine groups is 1. The first-order valence-corrected chi connectivity index (χ1v) is 7.94. The van der Waals surface area contributed by atoms with Crippen LogP contribution in [0.15, 0.2) is 38.8 Å². The Kier molecular flexibility index (Phi) is 3.03. The maximum absolute atomic E-state index is 10.1. The number of rotatable bonds is 2. The summed E-state index contributed by atoms with van der Waals surface area (Å²) in [5, 5.41) is 12.7. The predicted molar refractivity (Wildman–Crippen MR) is 86.4 cm³/mol. The van der Waals surface area contributed by atoms with Crippen molar-refractivity contribution >= 4 is 45.2 Å². The Morgan fingerprint density at radius 3 is 3.14 bits per heavy atom. The van der Waals surface area contributed by atoms with E-state index in [0.29, 0.717) is 5.02 Å². The second-order valence-electron chi connectivity index (χ2n) is 5.10. The Labute approximate surface area is 131 Å². The summed E-state index contributed by atoms with van der Waals surface area (Å²) in [4.78, 5) is 7.52. The number of thioether (sulfide) groups is 1. The quantitative estimate of drug-likeness (QED) is 0.919. The van der Waals surface area contributed by atoms with Crippen LogP contribution >= 0.6 is 23.4 Å². The molecule has 0 radical (unpaired) electrons. The van der Waals surface area contributed by atoms with Crippen LogP contribution in [-0.4, -0.2) is 34.4 Å². The first-order valence-electron chi connectivity index (χ1n) is 6.74. The first-order chi connectivity index (χ1) is 10.1. The molecule has 4 nitrogen and oxygen atoms in total. The van der Waals surface area contributed by atoms with E-state index in [0.717, 1.165) is 45.4 Å². The Morgan fingerprint density at radius 1 is 1.48 bits per heavy atom. The average Bonchev–Trinajstić information content (AvgIpc) is 3.11. The van der Waals surface area contributed by atoms with Gasteiger partial charge in [-0.15, -0.1) is 0 Å². The minimum absolute atomic E-state index is 0.553. The van der Waals surface area contributed by atoms with Gasteiger partial charge in [0.15, 0.2) is 5.17 Å². The Morgan fingerprint density at radius 2 is 2.33 bits per heavy atom. The normalized spacial score (nSPS) is 19.4. The van der Waals surface area contributed by atoms with E-state index < -0.39 is 6.10 Å². The molecule has 2 aliphatic rings. The van der Waals surface area contributed by atoms with Crippen LogP contribution in [0.2, 0.25) is 5.02 Å². The molecule has 0 saturated carbocycles. The van der Waals surface area contributed by atoms with Gasteiger partial charge in [-0.05, 0) is 25.1 Å². The lowest BCUT2D eigenvalue weighted by atomic mass is 10.1. The number of hydrogen-bond donors (Lipinski definition) is 1. The van der Waals surface area contributed by atoms with Crippen molar-refractivity contribution in [1.82, 2.24) is 4.90 Å². The van der Waals surface area contributed by atoms with Gasteiger partial charge in [-0.1, -0.05) is 23.4 Å². The predicted octanol–water partition coefficient (Wildman–Crippen LogP) is 3.55. The Balaban J connectivity index is 1.99. The number of aliphatic imine (C=N–C) groups is 1. The minimum atomic E-state index is -0.553. The lowest BCUT2D eigenvalue weighted by molar-refractivity contribution is 0.240. The Bertz CT molecular complexity index is 794. The van der Waals surface area contributed by atoms with Crippen molar-refractivity contribution in [2.45, 2.75) is 13.0 Å². The molecule has 6 heteroatoms. The number of fused-ring (bicyclic) bond motifs is 2. The average molecular weight is 321 g/mol. The molecule has 1 unspecified atom stereocenters. The van der Waals surface area contributed by atoms with E-state index in [9.17, 15) is 5.11 Å². The van der Waals surface area contributed by atoms with Gasteiger partial charge in [-0.2, -0.15) is 0 Å². The molecule has 0 fully saturated rings. The van der Waals surface area contributed by atoms with Crippen LogP contribution in [0.1, 0.15) is 12.5 Å². The highest BCUT2D eigenvalue weighted by Crippen LogP contribution is 2.45. The molecule has 108 valence electrons. The number of nitrogens with zero attached hydrogens (tertiary/aromatic N) is 2. The molecular weight excluding hydrogens is 308 g/mol. The maximum Gasteiger partial charge on any atom is 0.168 e. The van der Waals surface area contributed by atoms with Crippen molar-refractivity contribution < 1.29 is 9.52 Å². The summed E-state index contributed by atoms with van der Waals surface area (Å²) < 4.78 is 5.64. The molecule has 0 amide bonds. The van der Waals surface area contributed by atoms with Crippen LogP contribution in [0.4, 0.5) is 0 Å². The van der Waals surface area contributed by atoms with Crippen LogP contribution in [0.3, 0.4) is 0 Å². The molecule has 0 spiro atoms. The van der Waals surface area contributed by atoms with E-state index in [-0.39, 0.29) is 0 Å². The van der Waals surface area contributed by atoms with Crippen molar-refractivity contribution in [3.8, 4) is 0 Å². The molecule has 0 bridgehead atoms. The number of aliphatic hydroxyl groups is 1. The number of aliphatic hydroxyl groups excluding tert-OH is 1. The third-order valence-electron chi connectivity index (χ3n) is 3.66. The van der Waals surface area contributed by atoms with Gasteiger partial charge in [0.1, 0.15) is 5.58 Å². The van der Waals surface area contributed by atoms with Crippen molar-refractivity contribution in [1.29, 1.82) is 0 Å². The van der Waals surface area contributed by atoms with Crippen LogP contribution in [0.25, 0.3) is 16.7 Å². The monoisotopic (exact) mass is 320 g/mol. The third-order valence-corrected chi connectivity index (χ3v) is 5.16. The van der Waals surface area contributed by atoms with Crippen LogP contribution < -0.4 is 0 Å². The van der Waals surface area contributed by atoms with Gasteiger partial charge in [0.05, 0.1) is 24.6 Å². The summed E-state index contributed by atoms with van der Waals surface area (Å²) >= 11 is 7.78. The molecule has 1 atom stereocenters. The van der Waals surface area contributed by atoms with E-state index in [1.54, 1.807) is 13.2 Å². The number of hydrogen-bond acceptors (Lipinski definition) is 5. The Hall–Kier alpha value is -1.43. The fourth-order valence-electron chi connectivity index (χ4n) is 2.78. The lowest BCUT2D eigenvalue weighted by Gasteiger charge is -2.18. The molecule has 0 aliphatic carbocycles. The van der Waals surface area contributed by atoms with Crippen LogP contribution in [-0.2, 0) is 0 Å². The second kappa shape index (κ2) is 4.80. The zero-order valence-corrected chi connectivity index (χ0v) is 12.9. The molecular formula is C15H13ClN2O2S. The molecule has 0 saturated heterocycles. The topological polar surface area (TPSA) is 49.0 Å². The summed E-state index contributed by atoms with van der Waals surface area (Å²) in [7, 11) is 0. The van der Waals surface area contributed by atoms with E-state index in [4.69, 9.17) is 16.0 Å². The van der Waals surface area contributed by atoms with Gasteiger partial charge in [-0.25, -0.2) is 0 Å². The van der Waals surface area contributed by atoms with E-state index in [1.807, 2.05) is 18.2 Å². The summed E-state index contributed by atoms with van der Waals surface area (Å²) in [5.41, 5.74) is 2.67. The van der Waals surface area contributed by atoms with Crippen LogP contribution in [0, 0.1) is 0 Å². The van der Waals surface area contributed by atoms with Gasteiger partial charge in [0.25, 0.3) is 0 Å². The highest BCUT2D eigenvalue weighted by Gasteiger charge is 2.36. The fraction of sp³-hybridized carbons (Fsp3) is 0.267. The van der Waals surface area contributed by atoms with Gasteiger partial charge in [0.2, 0.25) is 0 Å². The third kappa shape index (κ3) is 1.99. The van der Waals surface area contributed by atoms with E-state index in [1.165, 1.54) is 11.8 Å². The van der Waals surface area contributed by atoms with E-state index in [2.05, 4.69) is 9.89 Å². The molecule has 2 aliphatic heterocycles. The molecule has 1 aromatic carbocycles. The molecule has 21 heavy (non-hydrogen) atoms. The zero-order valence-electron chi connectivity index (χ0n) is 11.3. The summed E-state index contributed by atoms with van der Waals surface area (Å²) in [6.45, 7) is 3.37. The van der Waals surface area contributed by atoms with Gasteiger partial charge in [0, 0.05) is 27.4 Å². The van der Waals surface area contributed by atoms with Crippen LogP contribution in [0.5, 0.6) is 0 Å². The fourth-order valence-corrected chi connectivity index (χ4v) is 4.14. The molecule has 2 aromatic rings. The van der Waals surface area contributed by atoms with Gasteiger partial charge >= 0.3 is 0 Å². The smallest absolute Gasteiger partial charge is 0.168 e. The SMILES string of the molecule is CC(O)C1=C(c2cc(Cl)cc3ccoc23)N2CCN=C2S1. The highest BCUT2D eigenvalue weighted by molar-refractivity contribution is 8.17. The standard InChI is InChI=1S/C15H13ClN2O2S/c1-8(19)14-12(18-4-3-17-15(18)21-14)11-7-10(16)6-9-2-5-20-13(9)11/h2,5-8,19H,3-4H2,1H3. The zero-order chi connectivity index (χ0) is 14.6. The highest BCUT2D eigenvalue weighted by atomic mass is 35.5.